The largest absolute Gasteiger partial charge is 0.394 e. The molecule has 0 fully saturated rings. The smallest absolute Gasteiger partial charge is 0.243 e. The summed E-state index contributed by atoms with van der Waals surface area (Å²) in [5.74, 6) is -2.23. The lowest BCUT2D eigenvalue weighted by Crippen LogP contribution is -2.34. The van der Waals surface area contributed by atoms with E-state index in [1.54, 1.807) is 0 Å². The Hall–Kier alpha value is -1.21. The molecule has 0 aromatic heterocycles. The molecule has 4 nitrogen and oxygen atoms in total. The second kappa shape index (κ2) is 5.62. The van der Waals surface area contributed by atoms with Gasteiger partial charge in [0.1, 0.15) is 16.4 Å². The molecule has 0 amide bonds. The van der Waals surface area contributed by atoms with E-state index in [0.717, 1.165) is 12.1 Å². The summed E-state index contributed by atoms with van der Waals surface area (Å²) in [5.41, 5.74) is 4.34. The second-order valence-corrected chi connectivity index (χ2v) is 5.59. The monoisotopic (exact) mass is 278 g/mol. The SMILES string of the molecule is CCC(CC)NS(=O)(=O)c1ccc(F)c(N)c1F. The Bertz CT molecular complexity index is 528. The Balaban J connectivity index is 3.17. The normalized spacial score (nSPS) is 12.1. The lowest BCUT2D eigenvalue weighted by Gasteiger charge is -2.15. The number of nitrogens with two attached hydrogens (primary N) is 1. The number of sulfonamides is 1. The number of rotatable bonds is 5. The van der Waals surface area contributed by atoms with E-state index in [-0.39, 0.29) is 6.04 Å². The minimum atomic E-state index is -4.03. The molecule has 1 aromatic rings. The Morgan fingerprint density at radius 3 is 2.33 bits per heavy atom. The summed E-state index contributed by atoms with van der Waals surface area (Å²) in [6, 6.07) is 1.41. The fourth-order valence-corrected chi connectivity index (χ4v) is 2.99. The maximum atomic E-state index is 13.6. The van der Waals surface area contributed by atoms with Crippen LogP contribution in [0.15, 0.2) is 17.0 Å². The van der Waals surface area contributed by atoms with Crippen LogP contribution < -0.4 is 10.5 Å². The van der Waals surface area contributed by atoms with Crippen molar-refractivity contribution in [1.82, 2.24) is 4.72 Å². The van der Waals surface area contributed by atoms with Crippen molar-refractivity contribution in [1.29, 1.82) is 0 Å². The highest BCUT2D eigenvalue weighted by Gasteiger charge is 2.24. The highest BCUT2D eigenvalue weighted by Crippen LogP contribution is 2.23. The first-order chi connectivity index (χ1) is 8.33. The standard InChI is InChI=1S/C11H16F2N2O2S/c1-3-7(4-2)15-18(16,17)9-6-5-8(12)11(14)10(9)13/h5-7,15H,3-4,14H2,1-2H3. The van der Waals surface area contributed by atoms with Crippen molar-refractivity contribution < 1.29 is 17.2 Å². The fraction of sp³-hybridized carbons (Fsp3) is 0.455. The van der Waals surface area contributed by atoms with Gasteiger partial charge < -0.3 is 5.73 Å². The average molecular weight is 278 g/mol. The number of hydrogen-bond acceptors (Lipinski definition) is 3. The summed E-state index contributed by atoms with van der Waals surface area (Å²) in [4.78, 5) is -0.631. The summed E-state index contributed by atoms with van der Waals surface area (Å²) in [7, 11) is -4.03. The van der Waals surface area contributed by atoms with Gasteiger partial charge in [0.15, 0.2) is 5.82 Å². The third-order valence-corrected chi connectivity index (χ3v) is 4.23. The molecule has 0 heterocycles. The maximum absolute atomic E-state index is 13.6. The molecule has 0 radical (unpaired) electrons. The van der Waals surface area contributed by atoms with Crippen LogP contribution in [-0.2, 0) is 10.0 Å². The van der Waals surface area contributed by atoms with Gasteiger partial charge in [-0.25, -0.2) is 21.9 Å². The molecule has 0 bridgehead atoms. The first kappa shape index (κ1) is 14.8. The van der Waals surface area contributed by atoms with Gasteiger partial charge >= 0.3 is 0 Å². The second-order valence-electron chi connectivity index (χ2n) is 3.91. The van der Waals surface area contributed by atoms with E-state index < -0.39 is 32.2 Å². The van der Waals surface area contributed by atoms with Crippen molar-refractivity contribution in [2.24, 2.45) is 0 Å². The highest BCUT2D eigenvalue weighted by atomic mass is 32.2. The van der Waals surface area contributed by atoms with Crippen LogP contribution >= 0.6 is 0 Å². The van der Waals surface area contributed by atoms with Crippen LogP contribution in [-0.4, -0.2) is 14.5 Å². The van der Waals surface area contributed by atoms with Crippen molar-refractivity contribution in [2.75, 3.05) is 5.73 Å². The predicted octanol–water partition coefficient (Wildman–Crippen LogP) is 2.01. The summed E-state index contributed by atoms with van der Waals surface area (Å²) >= 11 is 0. The summed E-state index contributed by atoms with van der Waals surface area (Å²) < 4.78 is 52.8. The number of benzene rings is 1. The van der Waals surface area contributed by atoms with Gasteiger partial charge in [-0.05, 0) is 25.0 Å². The molecule has 0 spiro atoms. The molecular weight excluding hydrogens is 262 g/mol. The van der Waals surface area contributed by atoms with Crippen molar-refractivity contribution in [3.63, 3.8) is 0 Å². The predicted molar refractivity (Wildman–Crippen MR) is 65.5 cm³/mol. The molecule has 0 atom stereocenters. The van der Waals surface area contributed by atoms with E-state index in [1.165, 1.54) is 0 Å². The molecule has 1 rings (SSSR count). The number of nitrogens with one attached hydrogen (secondary N) is 1. The molecule has 0 aliphatic heterocycles. The van der Waals surface area contributed by atoms with Crippen LogP contribution in [0.1, 0.15) is 26.7 Å². The fourth-order valence-electron chi connectivity index (χ4n) is 1.50. The molecule has 0 saturated heterocycles. The first-order valence-corrected chi connectivity index (χ1v) is 7.07. The zero-order valence-electron chi connectivity index (χ0n) is 10.2. The Morgan fingerprint density at radius 2 is 1.83 bits per heavy atom. The molecule has 18 heavy (non-hydrogen) atoms. The van der Waals surface area contributed by atoms with Gasteiger partial charge in [-0.3, -0.25) is 0 Å². The summed E-state index contributed by atoms with van der Waals surface area (Å²) in [5, 5.41) is 0. The number of halogens is 2. The van der Waals surface area contributed by atoms with E-state index in [2.05, 4.69) is 4.72 Å². The van der Waals surface area contributed by atoms with E-state index in [0.29, 0.717) is 12.8 Å². The van der Waals surface area contributed by atoms with Crippen molar-refractivity contribution >= 4 is 15.7 Å². The van der Waals surface area contributed by atoms with Crippen LogP contribution in [0.3, 0.4) is 0 Å². The third-order valence-electron chi connectivity index (χ3n) is 2.69. The molecule has 3 N–H and O–H groups in total. The Morgan fingerprint density at radius 1 is 1.28 bits per heavy atom. The maximum Gasteiger partial charge on any atom is 0.243 e. The van der Waals surface area contributed by atoms with E-state index in [1.807, 2.05) is 13.8 Å². The lowest BCUT2D eigenvalue weighted by molar-refractivity contribution is 0.518. The molecular formula is C11H16F2N2O2S. The van der Waals surface area contributed by atoms with Gasteiger partial charge in [-0.2, -0.15) is 0 Å². The molecule has 0 unspecified atom stereocenters. The van der Waals surface area contributed by atoms with E-state index in [4.69, 9.17) is 5.73 Å². The number of nitrogen functional groups attached to an aromatic ring is 1. The molecule has 7 heteroatoms. The van der Waals surface area contributed by atoms with Gasteiger partial charge in [0.25, 0.3) is 0 Å². The topological polar surface area (TPSA) is 72.2 Å². The molecule has 0 saturated carbocycles. The van der Waals surface area contributed by atoms with Gasteiger partial charge in [-0.15, -0.1) is 0 Å². The molecule has 0 aliphatic carbocycles. The first-order valence-electron chi connectivity index (χ1n) is 5.59. The lowest BCUT2D eigenvalue weighted by atomic mass is 10.2. The number of anilines is 1. The van der Waals surface area contributed by atoms with Crippen molar-refractivity contribution in [2.45, 2.75) is 37.6 Å². The van der Waals surface area contributed by atoms with E-state index >= 15 is 0 Å². The Kier molecular flexibility index (Phi) is 4.64. The van der Waals surface area contributed by atoms with E-state index in [9.17, 15) is 17.2 Å². The molecule has 102 valence electrons. The zero-order chi connectivity index (χ0) is 13.9. The highest BCUT2D eigenvalue weighted by molar-refractivity contribution is 7.89. The summed E-state index contributed by atoms with van der Waals surface area (Å²) in [6.45, 7) is 3.62. The van der Waals surface area contributed by atoms with Crippen molar-refractivity contribution in [3.05, 3.63) is 23.8 Å². The average Bonchev–Trinajstić information content (AvgIpc) is 2.32. The zero-order valence-corrected chi connectivity index (χ0v) is 11.0. The van der Waals surface area contributed by atoms with Crippen LogP contribution in [0.4, 0.5) is 14.5 Å². The quantitative estimate of drug-likeness (QED) is 0.809. The molecule has 1 aromatic carbocycles. The Labute approximate surface area is 105 Å². The van der Waals surface area contributed by atoms with Gasteiger partial charge in [0, 0.05) is 6.04 Å². The minimum Gasteiger partial charge on any atom is -0.394 e. The van der Waals surface area contributed by atoms with Crippen LogP contribution in [0.25, 0.3) is 0 Å². The van der Waals surface area contributed by atoms with Crippen LogP contribution in [0.2, 0.25) is 0 Å². The number of hydrogen-bond donors (Lipinski definition) is 2. The van der Waals surface area contributed by atoms with Gasteiger partial charge in [0.2, 0.25) is 10.0 Å². The van der Waals surface area contributed by atoms with Crippen LogP contribution in [0.5, 0.6) is 0 Å². The van der Waals surface area contributed by atoms with Gasteiger partial charge in [0.05, 0.1) is 0 Å². The summed E-state index contributed by atoms with van der Waals surface area (Å²) in [6.07, 6.45) is 1.15. The minimum absolute atomic E-state index is 0.291. The molecule has 0 aliphatic rings. The third kappa shape index (κ3) is 2.97. The van der Waals surface area contributed by atoms with Gasteiger partial charge in [-0.1, -0.05) is 13.8 Å². The van der Waals surface area contributed by atoms with Crippen LogP contribution in [0, 0.1) is 11.6 Å². The van der Waals surface area contributed by atoms with Crippen molar-refractivity contribution in [3.8, 4) is 0 Å².